The molecule has 2 nitrogen and oxygen atoms in total. The zero-order chi connectivity index (χ0) is 12.1. The van der Waals surface area contributed by atoms with Gasteiger partial charge in [-0.25, -0.2) is 0 Å². The lowest BCUT2D eigenvalue weighted by Gasteiger charge is -2.33. The molecule has 0 saturated heterocycles. The monoisotopic (exact) mass is 252 g/mol. The van der Waals surface area contributed by atoms with Gasteiger partial charge in [0.05, 0.1) is 0 Å². The van der Waals surface area contributed by atoms with E-state index in [2.05, 4.69) is 41.7 Å². The van der Waals surface area contributed by atoms with E-state index < -0.39 is 0 Å². The highest BCUT2D eigenvalue weighted by atomic mass is 32.1. The molecule has 1 heterocycles. The molecule has 1 atom stereocenters. The number of nitrogens with zero attached hydrogens (tertiary/aromatic N) is 1. The van der Waals surface area contributed by atoms with Gasteiger partial charge in [0, 0.05) is 30.6 Å². The Kier molecular flexibility index (Phi) is 5.01. The zero-order valence-electron chi connectivity index (χ0n) is 11.0. The van der Waals surface area contributed by atoms with E-state index in [1.165, 1.54) is 30.7 Å². The van der Waals surface area contributed by atoms with Gasteiger partial charge in [-0.2, -0.15) is 0 Å². The molecule has 1 aliphatic rings. The molecule has 17 heavy (non-hydrogen) atoms. The van der Waals surface area contributed by atoms with Crippen LogP contribution in [-0.2, 0) is 6.54 Å². The average molecular weight is 252 g/mol. The predicted octanol–water partition coefficient (Wildman–Crippen LogP) is 2.96. The fraction of sp³-hybridized carbons (Fsp3) is 0.714. The quantitative estimate of drug-likeness (QED) is 0.802. The number of thiophene rings is 1. The van der Waals surface area contributed by atoms with Gasteiger partial charge in [0.2, 0.25) is 0 Å². The minimum atomic E-state index is 0.635. The van der Waals surface area contributed by atoms with Gasteiger partial charge in [0.15, 0.2) is 0 Å². The van der Waals surface area contributed by atoms with Crippen LogP contribution < -0.4 is 5.32 Å². The van der Waals surface area contributed by atoms with Crippen molar-refractivity contribution in [3.05, 3.63) is 22.4 Å². The van der Waals surface area contributed by atoms with Crippen molar-refractivity contribution in [1.82, 2.24) is 10.2 Å². The molecule has 2 rings (SSSR count). The van der Waals surface area contributed by atoms with E-state index in [9.17, 15) is 0 Å². The van der Waals surface area contributed by atoms with Crippen LogP contribution in [0.25, 0.3) is 0 Å². The maximum Gasteiger partial charge on any atom is 0.0300 e. The Morgan fingerprint density at radius 2 is 2.35 bits per heavy atom. The number of hydrogen-bond donors (Lipinski definition) is 1. The summed E-state index contributed by atoms with van der Waals surface area (Å²) in [6.45, 7) is 5.70. The first-order chi connectivity index (χ1) is 8.25. The summed E-state index contributed by atoms with van der Waals surface area (Å²) in [7, 11) is 2.26. The minimum Gasteiger partial charge on any atom is -0.310 e. The first-order valence-corrected chi connectivity index (χ1v) is 7.57. The second-order valence-electron chi connectivity index (χ2n) is 5.30. The number of hydrogen-bond acceptors (Lipinski definition) is 3. The summed E-state index contributed by atoms with van der Waals surface area (Å²) in [5, 5.41) is 5.69. The Morgan fingerprint density at radius 1 is 1.53 bits per heavy atom. The lowest BCUT2D eigenvalue weighted by molar-refractivity contribution is 0.167. The van der Waals surface area contributed by atoms with Crippen LogP contribution in [0.3, 0.4) is 0 Å². The maximum absolute atomic E-state index is 3.55. The summed E-state index contributed by atoms with van der Waals surface area (Å²) in [6, 6.07) is 4.95. The standard InChI is InChI=1S/C14H24N2S/c1-12(16(2)11-13-5-3-6-13)9-15-10-14-7-4-8-17-14/h4,7-8,12-13,15H,3,5-6,9-11H2,1-2H3. The highest BCUT2D eigenvalue weighted by Crippen LogP contribution is 2.27. The third-order valence-electron chi connectivity index (χ3n) is 3.84. The summed E-state index contributed by atoms with van der Waals surface area (Å²) in [5.41, 5.74) is 0. The smallest absolute Gasteiger partial charge is 0.0300 e. The van der Waals surface area contributed by atoms with Crippen molar-refractivity contribution in [2.45, 2.75) is 38.8 Å². The van der Waals surface area contributed by atoms with Crippen molar-refractivity contribution in [3.63, 3.8) is 0 Å². The second-order valence-corrected chi connectivity index (χ2v) is 6.33. The molecule has 1 N–H and O–H groups in total. The Balaban J connectivity index is 1.60. The van der Waals surface area contributed by atoms with Gasteiger partial charge in [-0.05, 0) is 44.2 Å². The van der Waals surface area contributed by atoms with Crippen LogP contribution in [0.1, 0.15) is 31.1 Å². The summed E-state index contributed by atoms with van der Waals surface area (Å²) in [6.07, 6.45) is 4.34. The van der Waals surface area contributed by atoms with Crippen LogP contribution in [0.5, 0.6) is 0 Å². The molecule has 1 aromatic heterocycles. The fourth-order valence-electron chi connectivity index (χ4n) is 2.24. The van der Waals surface area contributed by atoms with Crippen LogP contribution in [0.15, 0.2) is 17.5 Å². The average Bonchev–Trinajstić information content (AvgIpc) is 2.76. The van der Waals surface area contributed by atoms with Crippen LogP contribution in [-0.4, -0.2) is 31.1 Å². The maximum atomic E-state index is 3.55. The van der Waals surface area contributed by atoms with Gasteiger partial charge in [0.25, 0.3) is 0 Å². The second kappa shape index (κ2) is 6.53. The molecule has 0 spiro atoms. The molecule has 0 amide bonds. The molecule has 1 fully saturated rings. The molecule has 0 aliphatic heterocycles. The molecule has 1 aromatic rings. The van der Waals surface area contributed by atoms with E-state index >= 15 is 0 Å². The van der Waals surface area contributed by atoms with Crippen molar-refractivity contribution in [2.24, 2.45) is 5.92 Å². The van der Waals surface area contributed by atoms with E-state index in [4.69, 9.17) is 0 Å². The molecular weight excluding hydrogens is 228 g/mol. The minimum absolute atomic E-state index is 0.635. The van der Waals surface area contributed by atoms with Crippen LogP contribution in [0.4, 0.5) is 0 Å². The number of nitrogens with one attached hydrogen (secondary N) is 1. The SMILES string of the molecule is CC(CNCc1cccs1)N(C)CC1CCC1. The molecule has 0 radical (unpaired) electrons. The molecular formula is C14H24N2S. The Bertz CT molecular complexity index is 306. The van der Waals surface area contributed by atoms with Crippen molar-refractivity contribution >= 4 is 11.3 Å². The molecule has 0 bridgehead atoms. The third-order valence-corrected chi connectivity index (χ3v) is 4.72. The highest BCUT2D eigenvalue weighted by molar-refractivity contribution is 7.09. The summed E-state index contributed by atoms with van der Waals surface area (Å²) in [4.78, 5) is 3.93. The van der Waals surface area contributed by atoms with E-state index in [0.717, 1.165) is 19.0 Å². The van der Waals surface area contributed by atoms with Crippen LogP contribution in [0, 0.1) is 5.92 Å². The molecule has 1 unspecified atom stereocenters. The van der Waals surface area contributed by atoms with Crippen molar-refractivity contribution in [1.29, 1.82) is 0 Å². The largest absolute Gasteiger partial charge is 0.310 e. The first kappa shape index (κ1) is 13.1. The summed E-state index contributed by atoms with van der Waals surface area (Å²) in [5.74, 6) is 0.972. The highest BCUT2D eigenvalue weighted by Gasteiger charge is 2.20. The Morgan fingerprint density at radius 3 is 2.94 bits per heavy atom. The van der Waals surface area contributed by atoms with E-state index in [-0.39, 0.29) is 0 Å². The van der Waals surface area contributed by atoms with Crippen LogP contribution >= 0.6 is 11.3 Å². The first-order valence-electron chi connectivity index (χ1n) is 6.69. The molecule has 3 heteroatoms. The van der Waals surface area contributed by atoms with Crippen molar-refractivity contribution < 1.29 is 0 Å². The van der Waals surface area contributed by atoms with E-state index in [1.54, 1.807) is 0 Å². The zero-order valence-corrected chi connectivity index (χ0v) is 11.8. The molecule has 0 aromatic carbocycles. The predicted molar refractivity (Wildman–Crippen MR) is 75.5 cm³/mol. The van der Waals surface area contributed by atoms with Gasteiger partial charge in [0.1, 0.15) is 0 Å². The number of likely N-dealkylation sites (N-methyl/N-ethyl adjacent to an activating group) is 1. The fourth-order valence-corrected chi connectivity index (χ4v) is 2.91. The van der Waals surface area contributed by atoms with Crippen LogP contribution in [0.2, 0.25) is 0 Å². The number of rotatable bonds is 7. The van der Waals surface area contributed by atoms with Gasteiger partial charge in [-0.3, -0.25) is 0 Å². The summed E-state index contributed by atoms with van der Waals surface area (Å²) >= 11 is 1.83. The normalized spacial score (nSPS) is 18.3. The van der Waals surface area contributed by atoms with Gasteiger partial charge >= 0.3 is 0 Å². The topological polar surface area (TPSA) is 15.3 Å². The van der Waals surface area contributed by atoms with E-state index in [0.29, 0.717) is 6.04 Å². The molecule has 1 saturated carbocycles. The molecule has 96 valence electrons. The summed E-state index contributed by atoms with van der Waals surface area (Å²) < 4.78 is 0. The third kappa shape index (κ3) is 4.09. The lowest BCUT2D eigenvalue weighted by atomic mass is 9.85. The van der Waals surface area contributed by atoms with Gasteiger partial charge in [-0.1, -0.05) is 12.5 Å². The van der Waals surface area contributed by atoms with E-state index in [1.807, 2.05) is 11.3 Å². The van der Waals surface area contributed by atoms with Gasteiger partial charge < -0.3 is 10.2 Å². The lowest BCUT2D eigenvalue weighted by Crippen LogP contribution is -2.41. The Hall–Kier alpha value is -0.380. The Labute approximate surface area is 109 Å². The molecule has 1 aliphatic carbocycles. The van der Waals surface area contributed by atoms with Crippen molar-refractivity contribution in [2.75, 3.05) is 20.1 Å². The van der Waals surface area contributed by atoms with Crippen molar-refractivity contribution in [3.8, 4) is 0 Å². The van der Waals surface area contributed by atoms with Gasteiger partial charge in [-0.15, -0.1) is 11.3 Å².